The molecule has 1 aromatic carbocycles. The van der Waals surface area contributed by atoms with Crippen molar-refractivity contribution >= 4 is 23.1 Å². The maximum atomic E-state index is 9.95. The van der Waals surface area contributed by atoms with Crippen molar-refractivity contribution in [2.24, 2.45) is 5.73 Å². The number of rotatable bonds is 2. The number of amidine groups is 1. The Morgan fingerprint density at radius 3 is 2.61 bits per heavy atom. The van der Waals surface area contributed by atoms with Crippen LogP contribution in [0, 0.1) is 5.41 Å². The molecular formula is C13H18ClN3O. The molecule has 2 rings (SSSR count). The van der Waals surface area contributed by atoms with Gasteiger partial charge in [-0.1, -0.05) is 11.6 Å². The van der Waals surface area contributed by atoms with Crippen LogP contribution in [0.15, 0.2) is 18.2 Å². The maximum Gasteiger partial charge on any atom is 0.124 e. The first-order valence-corrected chi connectivity index (χ1v) is 6.38. The van der Waals surface area contributed by atoms with Crippen molar-refractivity contribution in [3.05, 3.63) is 28.8 Å². The van der Waals surface area contributed by atoms with E-state index in [-0.39, 0.29) is 5.84 Å². The number of nitrogen functional groups attached to an aromatic ring is 1. The highest BCUT2D eigenvalue weighted by atomic mass is 35.5. The second-order valence-electron chi connectivity index (χ2n) is 5.06. The zero-order valence-corrected chi connectivity index (χ0v) is 11.2. The van der Waals surface area contributed by atoms with Crippen molar-refractivity contribution in [2.75, 3.05) is 18.0 Å². The SMILES string of the molecule is CC1(O)CCN(c2cc(Cl)ccc2C(=N)N)CC1. The minimum Gasteiger partial charge on any atom is -0.390 e. The van der Waals surface area contributed by atoms with E-state index in [1.165, 1.54) is 0 Å². The van der Waals surface area contributed by atoms with Gasteiger partial charge in [-0.2, -0.15) is 0 Å². The predicted octanol–water partition coefficient (Wildman–Crippen LogP) is 1.98. The van der Waals surface area contributed by atoms with Crippen LogP contribution < -0.4 is 10.6 Å². The van der Waals surface area contributed by atoms with Gasteiger partial charge >= 0.3 is 0 Å². The van der Waals surface area contributed by atoms with E-state index in [1.54, 1.807) is 12.1 Å². The van der Waals surface area contributed by atoms with Gasteiger partial charge < -0.3 is 15.7 Å². The van der Waals surface area contributed by atoms with Crippen LogP contribution in [0.2, 0.25) is 5.02 Å². The molecule has 5 heteroatoms. The molecule has 0 aromatic heterocycles. The van der Waals surface area contributed by atoms with Gasteiger partial charge in [0.1, 0.15) is 5.84 Å². The summed E-state index contributed by atoms with van der Waals surface area (Å²) in [6, 6.07) is 5.34. The van der Waals surface area contributed by atoms with Gasteiger partial charge in [0.25, 0.3) is 0 Å². The smallest absolute Gasteiger partial charge is 0.124 e. The quantitative estimate of drug-likeness (QED) is 0.567. The Kier molecular flexibility index (Phi) is 3.50. The van der Waals surface area contributed by atoms with E-state index in [2.05, 4.69) is 4.90 Å². The number of piperidine rings is 1. The van der Waals surface area contributed by atoms with Crippen molar-refractivity contribution in [2.45, 2.75) is 25.4 Å². The third kappa shape index (κ3) is 2.76. The number of nitrogens with zero attached hydrogens (tertiary/aromatic N) is 1. The monoisotopic (exact) mass is 267 g/mol. The van der Waals surface area contributed by atoms with Crippen LogP contribution in [0.4, 0.5) is 5.69 Å². The number of aliphatic hydroxyl groups is 1. The standard InChI is InChI=1S/C13H18ClN3O/c1-13(18)4-6-17(7-5-13)11-8-9(14)2-3-10(11)12(15)16/h2-3,8,18H,4-7H2,1H3,(H3,15,16). The van der Waals surface area contributed by atoms with E-state index in [1.807, 2.05) is 13.0 Å². The third-order valence-corrected chi connectivity index (χ3v) is 3.67. The first-order chi connectivity index (χ1) is 8.39. The van der Waals surface area contributed by atoms with Gasteiger partial charge in [0.15, 0.2) is 0 Å². The Labute approximate surface area is 112 Å². The van der Waals surface area contributed by atoms with Crippen LogP contribution in [-0.4, -0.2) is 29.6 Å². The van der Waals surface area contributed by atoms with E-state index in [9.17, 15) is 5.11 Å². The molecule has 0 bridgehead atoms. The number of anilines is 1. The molecule has 0 radical (unpaired) electrons. The molecule has 1 aliphatic heterocycles. The predicted molar refractivity (Wildman–Crippen MR) is 74.5 cm³/mol. The molecule has 0 unspecified atom stereocenters. The fourth-order valence-corrected chi connectivity index (χ4v) is 2.39. The summed E-state index contributed by atoms with van der Waals surface area (Å²) in [5, 5.41) is 18.2. The van der Waals surface area contributed by atoms with Crippen LogP contribution in [0.5, 0.6) is 0 Å². The van der Waals surface area contributed by atoms with Crippen molar-refractivity contribution in [3.8, 4) is 0 Å². The zero-order valence-electron chi connectivity index (χ0n) is 10.4. The number of hydrogen-bond donors (Lipinski definition) is 3. The van der Waals surface area contributed by atoms with Crippen molar-refractivity contribution < 1.29 is 5.11 Å². The van der Waals surface area contributed by atoms with Gasteiger partial charge in [0, 0.05) is 29.4 Å². The van der Waals surface area contributed by atoms with Gasteiger partial charge in [0.2, 0.25) is 0 Å². The normalized spacial score (nSPS) is 18.7. The molecule has 4 nitrogen and oxygen atoms in total. The molecule has 0 saturated carbocycles. The van der Waals surface area contributed by atoms with E-state index in [0.717, 1.165) is 18.8 Å². The van der Waals surface area contributed by atoms with Gasteiger partial charge in [0.05, 0.1) is 5.60 Å². The number of nitrogens with one attached hydrogen (secondary N) is 1. The highest BCUT2D eigenvalue weighted by molar-refractivity contribution is 6.31. The Balaban J connectivity index is 2.28. The number of benzene rings is 1. The number of halogens is 1. The molecule has 0 spiro atoms. The maximum absolute atomic E-state index is 9.95. The Morgan fingerprint density at radius 1 is 1.44 bits per heavy atom. The summed E-state index contributed by atoms with van der Waals surface area (Å²) in [6.45, 7) is 3.34. The van der Waals surface area contributed by atoms with Crippen LogP contribution in [-0.2, 0) is 0 Å². The Hall–Kier alpha value is -1.26. The molecule has 1 aliphatic rings. The third-order valence-electron chi connectivity index (χ3n) is 3.43. The molecule has 1 aromatic rings. The molecule has 0 aliphatic carbocycles. The summed E-state index contributed by atoms with van der Waals surface area (Å²) in [7, 11) is 0. The van der Waals surface area contributed by atoms with Crippen LogP contribution in [0.3, 0.4) is 0 Å². The largest absolute Gasteiger partial charge is 0.390 e. The average Bonchev–Trinajstić information content (AvgIpc) is 2.28. The lowest BCUT2D eigenvalue weighted by Gasteiger charge is -2.38. The minimum atomic E-state index is -0.592. The average molecular weight is 268 g/mol. The van der Waals surface area contributed by atoms with Crippen LogP contribution >= 0.6 is 11.6 Å². The van der Waals surface area contributed by atoms with Crippen LogP contribution in [0.1, 0.15) is 25.3 Å². The summed E-state index contributed by atoms with van der Waals surface area (Å²) < 4.78 is 0. The molecular weight excluding hydrogens is 250 g/mol. The molecule has 0 atom stereocenters. The molecule has 0 amide bonds. The molecule has 98 valence electrons. The first kappa shape index (κ1) is 13.2. The highest BCUT2D eigenvalue weighted by Gasteiger charge is 2.28. The summed E-state index contributed by atoms with van der Waals surface area (Å²) in [5.74, 6) is 0.0407. The van der Waals surface area contributed by atoms with E-state index in [4.69, 9.17) is 22.7 Å². The van der Waals surface area contributed by atoms with Gasteiger partial charge in [-0.05, 0) is 38.0 Å². The first-order valence-electron chi connectivity index (χ1n) is 6.00. The van der Waals surface area contributed by atoms with Gasteiger partial charge in [-0.15, -0.1) is 0 Å². The fourth-order valence-electron chi connectivity index (χ4n) is 2.22. The van der Waals surface area contributed by atoms with Crippen molar-refractivity contribution in [1.82, 2.24) is 0 Å². The van der Waals surface area contributed by atoms with E-state index >= 15 is 0 Å². The molecule has 4 N–H and O–H groups in total. The molecule has 1 saturated heterocycles. The Bertz CT molecular complexity index is 463. The highest BCUT2D eigenvalue weighted by Crippen LogP contribution is 2.30. The van der Waals surface area contributed by atoms with Gasteiger partial charge in [-0.25, -0.2) is 0 Å². The summed E-state index contributed by atoms with van der Waals surface area (Å²) in [4.78, 5) is 2.13. The summed E-state index contributed by atoms with van der Waals surface area (Å²) in [5.41, 5.74) is 6.57. The second kappa shape index (κ2) is 4.78. The van der Waals surface area contributed by atoms with Crippen molar-refractivity contribution in [3.63, 3.8) is 0 Å². The topological polar surface area (TPSA) is 73.3 Å². The van der Waals surface area contributed by atoms with E-state index in [0.29, 0.717) is 23.4 Å². The second-order valence-corrected chi connectivity index (χ2v) is 5.50. The summed E-state index contributed by atoms with van der Waals surface area (Å²) in [6.07, 6.45) is 1.41. The minimum absolute atomic E-state index is 0.0407. The molecule has 1 fully saturated rings. The lowest BCUT2D eigenvalue weighted by Crippen LogP contribution is -2.43. The fraction of sp³-hybridized carbons (Fsp3) is 0.462. The molecule has 1 heterocycles. The van der Waals surface area contributed by atoms with Gasteiger partial charge in [-0.3, -0.25) is 5.41 Å². The molecule has 18 heavy (non-hydrogen) atoms. The Morgan fingerprint density at radius 2 is 2.06 bits per heavy atom. The lowest BCUT2D eigenvalue weighted by atomic mass is 9.93. The summed E-state index contributed by atoms with van der Waals surface area (Å²) >= 11 is 6.01. The van der Waals surface area contributed by atoms with Crippen LogP contribution in [0.25, 0.3) is 0 Å². The van der Waals surface area contributed by atoms with Crippen molar-refractivity contribution in [1.29, 1.82) is 5.41 Å². The van der Waals surface area contributed by atoms with E-state index < -0.39 is 5.60 Å². The zero-order chi connectivity index (χ0) is 13.3. The number of hydrogen-bond acceptors (Lipinski definition) is 3. The lowest BCUT2D eigenvalue weighted by molar-refractivity contribution is 0.0351. The number of nitrogens with two attached hydrogens (primary N) is 1.